The number of aryl methyl sites for hydroxylation is 1. The highest BCUT2D eigenvalue weighted by molar-refractivity contribution is 9.10. The van der Waals surface area contributed by atoms with Crippen molar-refractivity contribution in [3.05, 3.63) is 116 Å². The second kappa shape index (κ2) is 11.3. The van der Waals surface area contributed by atoms with E-state index in [9.17, 15) is 14.4 Å². The third kappa shape index (κ3) is 5.43. The molecule has 1 aromatic heterocycles. The molecule has 2 heterocycles. The fourth-order valence-corrected chi connectivity index (χ4v) is 5.84. The number of carbonyl (C=O) groups is 2. The molecule has 1 aliphatic carbocycles. The number of rotatable bonds is 7. The highest BCUT2D eigenvalue weighted by atomic mass is 79.9. The van der Waals surface area contributed by atoms with Gasteiger partial charge in [-0.25, -0.2) is 9.55 Å². The SMILES string of the molecule is CC(=O)c1ccc(-n2c(N(CC3CC3)c3ccccc3)nc3c(c2=O)CC(C)N(C(=O)c2ccc(Br)c(C)c2)C3)cc1. The van der Waals surface area contributed by atoms with E-state index in [-0.39, 0.29) is 29.8 Å². The van der Waals surface area contributed by atoms with E-state index >= 15 is 0 Å². The van der Waals surface area contributed by atoms with Gasteiger partial charge in [0.2, 0.25) is 5.95 Å². The van der Waals surface area contributed by atoms with Gasteiger partial charge in [0.15, 0.2) is 5.78 Å². The molecule has 0 radical (unpaired) electrons. The van der Waals surface area contributed by atoms with Crippen LogP contribution in [0, 0.1) is 12.8 Å². The van der Waals surface area contributed by atoms with Gasteiger partial charge >= 0.3 is 0 Å². The molecule has 8 heteroatoms. The normalized spacial score (nSPS) is 16.2. The standard InChI is InChI=1S/C34H33BrN4O3/c1-21-17-26(13-16-30(21)35)32(41)37-20-31-29(18-22(37)2)33(42)39(28-14-11-25(12-15-28)23(3)40)34(36-31)38(19-24-9-10-24)27-7-5-4-6-8-27/h4-8,11-17,22,24H,9-10,18-20H2,1-3H3. The zero-order valence-corrected chi connectivity index (χ0v) is 25.6. The molecule has 1 unspecified atom stereocenters. The molecule has 0 N–H and O–H groups in total. The van der Waals surface area contributed by atoms with E-state index in [4.69, 9.17) is 4.98 Å². The van der Waals surface area contributed by atoms with E-state index in [0.29, 0.717) is 46.4 Å². The molecule has 4 aromatic rings. The Balaban J connectivity index is 1.49. The van der Waals surface area contributed by atoms with Gasteiger partial charge in [0.05, 0.1) is 17.9 Å². The van der Waals surface area contributed by atoms with Gasteiger partial charge in [-0.05, 0) is 106 Å². The Hall–Kier alpha value is -4.04. The Bertz CT molecular complexity index is 1730. The van der Waals surface area contributed by atoms with E-state index in [1.54, 1.807) is 16.7 Å². The summed E-state index contributed by atoms with van der Waals surface area (Å²) in [5, 5.41) is 0. The number of nitrogens with zero attached hydrogens (tertiary/aromatic N) is 4. The largest absolute Gasteiger partial charge is 0.330 e. The highest BCUT2D eigenvalue weighted by Gasteiger charge is 2.34. The predicted octanol–water partition coefficient (Wildman–Crippen LogP) is 6.64. The fraction of sp³-hybridized carbons (Fsp3) is 0.294. The van der Waals surface area contributed by atoms with E-state index in [0.717, 1.165) is 35.1 Å². The molecule has 42 heavy (non-hydrogen) atoms. The first-order valence-electron chi connectivity index (χ1n) is 14.4. The third-order valence-corrected chi connectivity index (χ3v) is 9.13. The number of aromatic nitrogens is 2. The van der Waals surface area contributed by atoms with Crippen molar-refractivity contribution in [2.24, 2.45) is 5.92 Å². The zero-order valence-electron chi connectivity index (χ0n) is 24.0. The first-order valence-corrected chi connectivity index (χ1v) is 15.2. The van der Waals surface area contributed by atoms with Gasteiger partial charge in [-0.2, -0.15) is 0 Å². The molecule has 7 nitrogen and oxygen atoms in total. The Morgan fingerprint density at radius 3 is 2.33 bits per heavy atom. The quantitative estimate of drug-likeness (QED) is 0.215. The number of benzene rings is 3. The number of hydrogen-bond donors (Lipinski definition) is 0. The number of anilines is 2. The molecule has 1 amide bonds. The van der Waals surface area contributed by atoms with Crippen molar-refractivity contribution in [3.8, 4) is 5.69 Å². The molecule has 0 saturated heterocycles. The van der Waals surface area contributed by atoms with Crippen molar-refractivity contribution in [3.63, 3.8) is 0 Å². The van der Waals surface area contributed by atoms with Crippen LogP contribution >= 0.6 is 15.9 Å². The molecule has 1 atom stereocenters. The summed E-state index contributed by atoms with van der Waals surface area (Å²) in [4.78, 5) is 49.2. The number of fused-ring (bicyclic) bond motifs is 1. The molecular weight excluding hydrogens is 592 g/mol. The number of ketones is 1. The number of amides is 1. The summed E-state index contributed by atoms with van der Waals surface area (Å²) in [7, 11) is 0. The smallest absolute Gasteiger partial charge is 0.263 e. The van der Waals surface area contributed by atoms with Crippen molar-refractivity contribution in [1.82, 2.24) is 14.5 Å². The van der Waals surface area contributed by atoms with Crippen LogP contribution in [0.2, 0.25) is 0 Å². The van der Waals surface area contributed by atoms with Crippen molar-refractivity contribution < 1.29 is 9.59 Å². The monoisotopic (exact) mass is 624 g/mol. The van der Waals surface area contributed by atoms with Gasteiger partial charge in [0.1, 0.15) is 0 Å². The number of carbonyl (C=O) groups excluding carboxylic acids is 2. The van der Waals surface area contributed by atoms with Gasteiger partial charge in [-0.1, -0.05) is 34.1 Å². The Morgan fingerprint density at radius 2 is 1.69 bits per heavy atom. The molecule has 2 aliphatic rings. The van der Waals surface area contributed by atoms with Crippen LogP contribution in [0.4, 0.5) is 11.6 Å². The highest BCUT2D eigenvalue weighted by Crippen LogP contribution is 2.36. The van der Waals surface area contributed by atoms with Crippen molar-refractivity contribution in [1.29, 1.82) is 0 Å². The van der Waals surface area contributed by atoms with Crippen LogP contribution in [0.25, 0.3) is 5.69 Å². The Labute approximate surface area is 253 Å². The van der Waals surface area contributed by atoms with E-state index < -0.39 is 0 Å². The molecule has 1 fully saturated rings. The average molecular weight is 626 g/mol. The van der Waals surface area contributed by atoms with Crippen LogP contribution in [0.15, 0.2) is 82.1 Å². The second-order valence-electron chi connectivity index (χ2n) is 11.4. The Morgan fingerprint density at radius 1 is 1.00 bits per heavy atom. The number of para-hydroxylation sites is 1. The van der Waals surface area contributed by atoms with Gasteiger partial charge < -0.3 is 9.80 Å². The molecule has 3 aromatic carbocycles. The minimum atomic E-state index is -0.181. The van der Waals surface area contributed by atoms with E-state index in [1.807, 2.05) is 79.4 Å². The lowest BCUT2D eigenvalue weighted by Crippen LogP contribution is -2.46. The molecule has 214 valence electrons. The summed E-state index contributed by atoms with van der Waals surface area (Å²) in [6, 6.07) is 22.6. The number of halogens is 1. The maximum absolute atomic E-state index is 14.4. The lowest BCUT2D eigenvalue weighted by atomic mass is 9.98. The van der Waals surface area contributed by atoms with Crippen LogP contribution < -0.4 is 10.5 Å². The Kier molecular flexibility index (Phi) is 7.58. The van der Waals surface area contributed by atoms with E-state index in [1.165, 1.54) is 6.92 Å². The van der Waals surface area contributed by atoms with Crippen molar-refractivity contribution in [2.45, 2.75) is 52.6 Å². The molecule has 1 aliphatic heterocycles. The predicted molar refractivity (Wildman–Crippen MR) is 168 cm³/mol. The van der Waals surface area contributed by atoms with E-state index in [2.05, 4.69) is 20.8 Å². The first-order chi connectivity index (χ1) is 20.2. The maximum atomic E-state index is 14.4. The summed E-state index contributed by atoms with van der Waals surface area (Å²) in [5.74, 6) is 0.935. The second-order valence-corrected chi connectivity index (χ2v) is 12.3. The summed E-state index contributed by atoms with van der Waals surface area (Å²) >= 11 is 3.52. The minimum absolute atomic E-state index is 0.0307. The maximum Gasteiger partial charge on any atom is 0.263 e. The zero-order chi connectivity index (χ0) is 29.5. The van der Waals surface area contributed by atoms with Crippen LogP contribution in [0.3, 0.4) is 0 Å². The van der Waals surface area contributed by atoms with Crippen LogP contribution in [0.1, 0.15) is 64.2 Å². The minimum Gasteiger partial charge on any atom is -0.330 e. The van der Waals surface area contributed by atoms with Crippen molar-refractivity contribution in [2.75, 3.05) is 11.4 Å². The summed E-state index contributed by atoms with van der Waals surface area (Å²) in [6.07, 6.45) is 2.68. The average Bonchev–Trinajstić information content (AvgIpc) is 3.82. The van der Waals surface area contributed by atoms with Crippen LogP contribution in [-0.2, 0) is 13.0 Å². The molecule has 0 spiro atoms. The fourth-order valence-electron chi connectivity index (χ4n) is 5.59. The first kappa shape index (κ1) is 28.1. The number of Topliss-reactive ketones (excluding diaryl/α,β-unsaturated/α-hetero) is 1. The van der Waals surface area contributed by atoms with Gasteiger partial charge in [0, 0.05) is 39.4 Å². The molecule has 1 saturated carbocycles. The third-order valence-electron chi connectivity index (χ3n) is 8.24. The summed E-state index contributed by atoms with van der Waals surface area (Å²) < 4.78 is 2.64. The van der Waals surface area contributed by atoms with Crippen molar-refractivity contribution >= 4 is 39.3 Å². The lowest BCUT2D eigenvalue weighted by Gasteiger charge is -2.36. The summed E-state index contributed by atoms with van der Waals surface area (Å²) in [5.41, 5.74) is 4.91. The van der Waals surface area contributed by atoms with Crippen LogP contribution in [0.5, 0.6) is 0 Å². The van der Waals surface area contributed by atoms with Gasteiger partial charge in [0.25, 0.3) is 11.5 Å². The van der Waals surface area contributed by atoms with Gasteiger partial charge in [-0.15, -0.1) is 0 Å². The van der Waals surface area contributed by atoms with Gasteiger partial charge in [-0.3, -0.25) is 14.4 Å². The van der Waals surface area contributed by atoms with Crippen LogP contribution in [-0.4, -0.2) is 38.7 Å². The number of hydrogen-bond acceptors (Lipinski definition) is 5. The topological polar surface area (TPSA) is 75.5 Å². The lowest BCUT2D eigenvalue weighted by molar-refractivity contribution is 0.0653. The molecule has 6 rings (SSSR count). The summed E-state index contributed by atoms with van der Waals surface area (Å²) in [6.45, 7) is 6.47. The molecular formula is C34H33BrN4O3. The molecule has 0 bridgehead atoms.